The van der Waals surface area contributed by atoms with Crippen molar-refractivity contribution in [1.29, 1.82) is 0 Å². The van der Waals surface area contributed by atoms with E-state index in [4.69, 9.17) is 9.84 Å². The molecule has 16 heteroatoms. The van der Waals surface area contributed by atoms with Crippen LogP contribution in [0.4, 0.5) is 26.3 Å². The van der Waals surface area contributed by atoms with Gasteiger partial charge in [-0.3, -0.25) is 0 Å². The van der Waals surface area contributed by atoms with E-state index in [0.29, 0.717) is 6.54 Å². The topological polar surface area (TPSA) is 101 Å². The van der Waals surface area contributed by atoms with E-state index in [0.717, 1.165) is 57.8 Å². The van der Waals surface area contributed by atoms with E-state index in [1.807, 2.05) is 0 Å². The Morgan fingerprint density at radius 3 is 1.56 bits per heavy atom. The summed E-state index contributed by atoms with van der Waals surface area (Å²) in [6, 6.07) is 0. The molecule has 0 atom stereocenters. The van der Waals surface area contributed by atoms with Gasteiger partial charge in [-0.2, -0.15) is 43.2 Å². The number of quaternary nitrogens is 1. The molecule has 214 valence electrons. The van der Waals surface area contributed by atoms with E-state index in [9.17, 15) is 43.2 Å². The number of hydrogen-bond acceptors (Lipinski definition) is 6. The van der Waals surface area contributed by atoms with Gasteiger partial charge in [0.2, 0.25) is 0 Å². The maximum atomic E-state index is 13.0. The Kier molecular flexibility index (Phi) is 14.0. The minimum atomic E-state index is -7.01. The van der Waals surface area contributed by atoms with Gasteiger partial charge in [0.05, 0.1) is 24.0 Å². The van der Waals surface area contributed by atoms with Crippen LogP contribution in [0.15, 0.2) is 12.7 Å². The summed E-state index contributed by atoms with van der Waals surface area (Å²) in [6.07, 6.45) is 8.93. The molecule has 0 saturated heterocycles. The lowest BCUT2D eigenvalue weighted by atomic mass is 10.1. The van der Waals surface area contributed by atoms with Gasteiger partial charge in [0.25, 0.3) is 0 Å². The van der Waals surface area contributed by atoms with E-state index in [1.54, 1.807) is 14.1 Å². The molecule has 8 nitrogen and oxygen atoms in total. The maximum absolute atomic E-state index is 13.0. The molecule has 0 amide bonds. The van der Waals surface area contributed by atoms with Crippen molar-refractivity contribution < 1.29 is 60.9 Å². The summed E-state index contributed by atoms with van der Waals surface area (Å²) < 4.78 is 128. The van der Waals surface area contributed by atoms with Crippen molar-refractivity contribution in [2.24, 2.45) is 0 Å². The molecule has 0 spiro atoms. The summed E-state index contributed by atoms with van der Waals surface area (Å²) in [4.78, 5) is 0. The first-order valence-corrected chi connectivity index (χ1v) is 14.2. The van der Waals surface area contributed by atoms with Crippen molar-refractivity contribution >= 4 is 25.9 Å². The van der Waals surface area contributed by atoms with E-state index >= 15 is 0 Å². The lowest BCUT2D eigenvalue weighted by Gasteiger charge is -2.29. The Morgan fingerprint density at radius 1 is 0.806 bits per heavy atom. The molecule has 0 aliphatic rings. The number of likely N-dealkylation sites (N-methyl/N-ethyl adjacent to an activating group) is 1. The van der Waals surface area contributed by atoms with Gasteiger partial charge in [0, 0.05) is 12.7 Å². The van der Waals surface area contributed by atoms with Crippen LogP contribution in [0.1, 0.15) is 57.8 Å². The van der Waals surface area contributed by atoms with Crippen LogP contribution in [0.25, 0.3) is 0 Å². The molecule has 0 heterocycles. The Hall–Kier alpha value is -1.39. The van der Waals surface area contributed by atoms with Gasteiger partial charge in [0.1, 0.15) is 13.2 Å². The van der Waals surface area contributed by atoms with E-state index in [2.05, 4.69) is 6.58 Å². The fraction of sp³-hybridized carbons (Fsp3) is 0.850. The highest BCUT2D eigenvalue weighted by atomic mass is 32.3. The van der Waals surface area contributed by atoms with Gasteiger partial charge in [-0.25, -0.2) is 0 Å². The molecule has 0 bridgehead atoms. The number of aliphatic hydroxyl groups is 1. The summed E-state index contributed by atoms with van der Waals surface area (Å²) in [6.45, 7) is 3.17. The second kappa shape index (κ2) is 14.5. The van der Waals surface area contributed by atoms with E-state index in [-0.39, 0.29) is 23.7 Å². The molecule has 0 aliphatic heterocycles. The largest absolute Gasteiger partial charge is 0.561 e. The third-order valence-electron chi connectivity index (χ3n) is 5.24. The highest BCUT2D eigenvalue weighted by Gasteiger charge is 2.68. The molecule has 0 rings (SSSR count). The van der Waals surface area contributed by atoms with Crippen LogP contribution in [0.3, 0.4) is 0 Å². The van der Waals surface area contributed by atoms with Crippen LogP contribution >= 0.6 is 0 Å². The summed E-state index contributed by atoms with van der Waals surface area (Å²) in [7, 11) is -10.6. The molecular weight excluding hydrogens is 542 g/mol. The summed E-state index contributed by atoms with van der Waals surface area (Å²) in [5.41, 5.74) is -12.7. The molecule has 0 aromatic rings. The molecule has 0 aliphatic carbocycles. The monoisotopic (exact) mass is 578 g/mol. The summed E-state index contributed by atoms with van der Waals surface area (Å²) >= 11 is 0. The smallest absolute Gasteiger partial charge is 0.437 e. The third kappa shape index (κ3) is 10.9. The fourth-order valence-electron chi connectivity index (χ4n) is 3.14. The molecular formula is C20H36F6N2O6S2+2. The minimum absolute atomic E-state index is 0.0359. The van der Waals surface area contributed by atoms with Gasteiger partial charge < -0.3 is 14.3 Å². The lowest BCUT2D eigenvalue weighted by molar-refractivity contribution is -0.890. The highest BCUT2D eigenvalue weighted by molar-refractivity contribution is 7.98. The van der Waals surface area contributed by atoms with Crippen LogP contribution in [-0.4, -0.2) is 87.1 Å². The zero-order valence-corrected chi connectivity index (χ0v) is 22.1. The minimum Gasteiger partial charge on any atom is -0.437 e. The van der Waals surface area contributed by atoms with E-state index < -0.39 is 47.0 Å². The Balaban J connectivity index is 5.14. The Bertz CT molecular complexity index is 883. The predicted octanol–water partition coefficient (Wildman–Crippen LogP) is 3.88. The number of unbranched alkanes of at least 4 members (excludes halogenated alkanes) is 8. The standard InChI is InChI=1S/C20H36F6N2O6S2/c1-4-18(27(35(30,31)19(21,22)23)36(32,33)20(24,25)26)34-17-15-28(2,3)14-12-10-8-6-5-7-9-11-13-16-29/h4,29H,1,5-17H2,2-3H3/q+2. The average molecular weight is 579 g/mol. The van der Waals surface area contributed by atoms with Gasteiger partial charge in [-0.1, -0.05) is 45.1 Å². The average Bonchev–Trinajstić information content (AvgIpc) is 2.72. The van der Waals surface area contributed by atoms with Crippen LogP contribution < -0.4 is 0 Å². The Labute approximate surface area is 208 Å². The van der Waals surface area contributed by atoms with Crippen LogP contribution in [0, 0.1) is 0 Å². The third-order valence-corrected chi connectivity index (χ3v) is 8.82. The molecule has 0 unspecified atom stereocenters. The number of aliphatic hydroxyl groups excluding tert-OH is 1. The van der Waals surface area contributed by atoms with Crippen molar-refractivity contribution in [3.63, 3.8) is 0 Å². The van der Waals surface area contributed by atoms with Gasteiger partial charge >= 0.3 is 37.0 Å². The first-order chi connectivity index (χ1) is 16.3. The quantitative estimate of drug-likeness (QED) is 0.0703. The maximum Gasteiger partial charge on any atom is 0.561 e. The molecule has 0 saturated carbocycles. The Morgan fingerprint density at radius 2 is 1.19 bits per heavy atom. The second-order valence-corrected chi connectivity index (χ2v) is 12.6. The SMILES string of the molecule is C=CC(OCC[N+](C)(C)CCCCCCCCCCCO)=[N+](S(=O)(=O)C(F)(F)F)S(=O)(=O)C(F)(F)F. The number of nitrogens with zero attached hydrogens (tertiary/aromatic N) is 2. The van der Waals surface area contributed by atoms with Gasteiger partial charge in [-0.05, 0) is 19.3 Å². The number of alkyl halides is 6. The highest BCUT2D eigenvalue weighted by Crippen LogP contribution is 2.32. The van der Waals surface area contributed by atoms with Crippen molar-refractivity contribution in [3.8, 4) is 0 Å². The van der Waals surface area contributed by atoms with Gasteiger partial charge in [0.15, 0.2) is 0 Å². The molecule has 36 heavy (non-hydrogen) atoms. The second-order valence-electron chi connectivity index (χ2n) is 8.78. The molecule has 0 aromatic carbocycles. The van der Waals surface area contributed by atoms with Crippen molar-refractivity contribution in [2.75, 3.05) is 40.4 Å². The molecule has 0 aromatic heterocycles. The number of sulfonamides is 2. The van der Waals surface area contributed by atoms with Crippen molar-refractivity contribution in [1.82, 2.24) is 0 Å². The van der Waals surface area contributed by atoms with Crippen LogP contribution in [-0.2, 0) is 24.8 Å². The zero-order chi connectivity index (χ0) is 28.3. The molecule has 0 fully saturated rings. The number of halogens is 6. The number of rotatable bonds is 17. The first-order valence-electron chi connectivity index (χ1n) is 11.3. The lowest BCUT2D eigenvalue weighted by Crippen LogP contribution is -2.47. The van der Waals surface area contributed by atoms with E-state index in [1.165, 1.54) is 0 Å². The molecule has 1 N–H and O–H groups in total. The summed E-state index contributed by atoms with van der Waals surface area (Å²) in [5.74, 6) is -1.72. The molecule has 0 radical (unpaired) electrons. The van der Waals surface area contributed by atoms with Crippen molar-refractivity contribution in [2.45, 2.75) is 68.8 Å². The zero-order valence-electron chi connectivity index (χ0n) is 20.4. The van der Waals surface area contributed by atoms with Crippen molar-refractivity contribution in [3.05, 3.63) is 12.7 Å². The normalized spacial score (nSPS) is 13.5. The number of hydrogen-bond donors (Lipinski definition) is 1. The van der Waals surface area contributed by atoms with Gasteiger partial charge in [-0.15, -0.1) is 0 Å². The predicted molar refractivity (Wildman–Crippen MR) is 122 cm³/mol. The fourth-order valence-corrected chi connectivity index (χ4v) is 5.78. The summed E-state index contributed by atoms with van der Waals surface area (Å²) in [5, 5.41) is 8.73. The van der Waals surface area contributed by atoms with Crippen LogP contribution in [0.2, 0.25) is 0 Å². The van der Waals surface area contributed by atoms with Crippen LogP contribution in [0.5, 0.6) is 0 Å². The number of ether oxygens (including phenoxy) is 1. The first kappa shape index (κ1) is 34.6.